The Morgan fingerprint density at radius 2 is 1.84 bits per heavy atom. The quantitative estimate of drug-likeness (QED) is 0.733. The Morgan fingerprint density at radius 3 is 2.52 bits per heavy atom. The minimum atomic E-state index is -0.975. The lowest BCUT2D eigenvalue weighted by atomic mass is 10.1. The second-order valence-electron chi connectivity index (χ2n) is 8.73. The van der Waals surface area contributed by atoms with Gasteiger partial charge in [0.25, 0.3) is 11.8 Å². The molecular formula is C22H28N4O5. The molecule has 1 aromatic carbocycles. The van der Waals surface area contributed by atoms with E-state index in [0.29, 0.717) is 24.5 Å². The van der Waals surface area contributed by atoms with Crippen molar-refractivity contribution in [3.63, 3.8) is 0 Å². The molecule has 0 aliphatic carbocycles. The zero-order valence-electron chi connectivity index (χ0n) is 17.9. The predicted molar refractivity (Wildman–Crippen MR) is 113 cm³/mol. The van der Waals surface area contributed by atoms with Crippen LogP contribution in [0, 0.1) is 0 Å². The summed E-state index contributed by atoms with van der Waals surface area (Å²) < 4.78 is 5.95. The first-order valence-electron chi connectivity index (χ1n) is 10.8. The Hall–Kier alpha value is -3.10. The Balaban J connectivity index is 1.48. The second-order valence-corrected chi connectivity index (χ2v) is 8.73. The average Bonchev–Trinajstić information content (AvgIpc) is 2.97. The summed E-state index contributed by atoms with van der Waals surface area (Å²) in [5, 5.41) is 2.61. The number of benzene rings is 1. The molecule has 2 fully saturated rings. The number of piperidine rings is 1. The number of fused-ring (bicyclic) bond motifs is 1. The fourth-order valence-corrected chi connectivity index (χ4v) is 4.28. The van der Waals surface area contributed by atoms with Crippen molar-refractivity contribution in [1.29, 1.82) is 0 Å². The Bertz CT molecular complexity index is 909. The van der Waals surface area contributed by atoms with Crippen molar-refractivity contribution < 1.29 is 23.9 Å². The van der Waals surface area contributed by atoms with Gasteiger partial charge in [0.15, 0.2) is 6.10 Å². The Morgan fingerprint density at radius 1 is 1.13 bits per heavy atom. The van der Waals surface area contributed by atoms with Gasteiger partial charge in [-0.3, -0.25) is 19.3 Å². The van der Waals surface area contributed by atoms with Crippen LogP contribution >= 0.6 is 0 Å². The Labute approximate surface area is 181 Å². The van der Waals surface area contributed by atoms with Gasteiger partial charge in [-0.05, 0) is 45.2 Å². The van der Waals surface area contributed by atoms with Crippen molar-refractivity contribution in [1.82, 2.24) is 15.1 Å². The van der Waals surface area contributed by atoms with Gasteiger partial charge in [-0.1, -0.05) is 12.1 Å². The third-order valence-corrected chi connectivity index (χ3v) is 6.01. The van der Waals surface area contributed by atoms with Crippen LogP contribution in [0.15, 0.2) is 24.3 Å². The van der Waals surface area contributed by atoms with Gasteiger partial charge < -0.3 is 19.9 Å². The van der Waals surface area contributed by atoms with Gasteiger partial charge in [-0.2, -0.15) is 0 Å². The molecule has 1 atom stereocenters. The predicted octanol–water partition coefficient (Wildman–Crippen LogP) is 1.51. The fraction of sp³-hybridized carbons (Fsp3) is 0.545. The number of likely N-dealkylation sites (tertiary alicyclic amines) is 1. The highest BCUT2D eigenvalue weighted by Gasteiger charge is 2.44. The van der Waals surface area contributed by atoms with Crippen molar-refractivity contribution >= 4 is 29.4 Å². The van der Waals surface area contributed by atoms with Crippen LogP contribution in [-0.2, 0) is 14.4 Å². The van der Waals surface area contributed by atoms with E-state index in [1.807, 2.05) is 0 Å². The van der Waals surface area contributed by atoms with Gasteiger partial charge in [0.05, 0.1) is 12.2 Å². The summed E-state index contributed by atoms with van der Waals surface area (Å²) in [4.78, 5) is 55.0. The number of urea groups is 1. The number of anilines is 1. The number of ether oxygens (including phenoxy) is 1. The van der Waals surface area contributed by atoms with Crippen LogP contribution in [0.2, 0.25) is 0 Å². The number of hydrogen-bond acceptors (Lipinski definition) is 5. The molecule has 9 heteroatoms. The van der Waals surface area contributed by atoms with E-state index in [2.05, 4.69) is 5.32 Å². The van der Waals surface area contributed by atoms with Crippen molar-refractivity contribution in [2.45, 2.75) is 51.2 Å². The van der Waals surface area contributed by atoms with Gasteiger partial charge in [0.2, 0.25) is 5.91 Å². The third kappa shape index (κ3) is 4.08. The summed E-state index contributed by atoms with van der Waals surface area (Å²) in [5.41, 5.74) is -0.384. The zero-order chi connectivity index (χ0) is 22.2. The molecule has 0 saturated carbocycles. The number of hydrogen-bond donors (Lipinski definition) is 1. The summed E-state index contributed by atoms with van der Waals surface area (Å²) in [5.74, 6) is -0.250. The van der Waals surface area contributed by atoms with E-state index in [9.17, 15) is 19.2 Å². The maximum Gasteiger partial charge on any atom is 0.325 e. The lowest BCUT2D eigenvalue weighted by Crippen LogP contribution is -2.53. The highest BCUT2D eigenvalue weighted by atomic mass is 16.5. The monoisotopic (exact) mass is 428 g/mol. The molecule has 3 aliphatic heterocycles. The average molecular weight is 428 g/mol. The molecule has 2 saturated heterocycles. The molecule has 0 spiro atoms. The molecule has 166 valence electrons. The van der Waals surface area contributed by atoms with Gasteiger partial charge in [-0.15, -0.1) is 0 Å². The summed E-state index contributed by atoms with van der Waals surface area (Å²) in [6.45, 7) is 4.76. The summed E-state index contributed by atoms with van der Waals surface area (Å²) in [7, 11) is 0. The summed E-state index contributed by atoms with van der Waals surface area (Å²) in [6.07, 6.45) is 2.25. The highest BCUT2D eigenvalue weighted by Crippen LogP contribution is 2.34. The number of para-hydroxylation sites is 2. The van der Waals surface area contributed by atoms with Crippen LogP contribution < -0.4 is 15.0 Å². The van der Waals surface area contributed by atoms with Crippen LogP contribution in [0.5, 0.6) is 5.75 Å². The van der Waals surface area contributed by atoms with Crippen molar-refractivity contribution in [3.05, 3.63) is 24.3 Å². The first-order chi connectivity index (χ1) is 14.8. The molecule has 3 heterocycles. The minimum absolute atomic E-state index is 0.0167. The fourth-order valence-electron chi connectivity index (χ4n) is 4.28. The van der Waals surface area contributed by atoms with E-state index in [-0.39, 0.29) is 37.2 Å². The Kier molecular flexibility index (Phi) is 5.60. The normalized spacial score (nSPS) is 22.6. The second kappa shape index (κ2) is 8.20. The lowest BCUT2D eigenvalue weighted by molar-refractivity contribution is -0.139. The van der Waals surface area contributed by atoms with Crippen LogP contribution in [0.25, 0.3) is 0 Å². The molecule has 3 aliphatic rings. The molecule has 0 radical (unpaired) electrons. The number of nitrogens with one attached hydrogen (secondary N) is 1. The van der Waals surface area contributed by atoms with Crippen LogP contribution in [-0.4, -0.2) is 71.4 Å². The minimum Gasteiger partial charge on any atom is -0.476 e. The number of nitrogens with zero attached hydrogens (tertiary/aromatic N) is 3. The van der Waals surface area contributed by atoms with Crippen molar-refractivity contribution in [2.24, 2.45) is 0 Å². The highest BCUT2D eigenvalue weighted by molar-refractivity contribution is 6.07. The van der Waals surface area contributed by atoms with Crippen LogP contribution in [0.1, 0.15) is 39.5 Å². The lowest BCUT2D eigenvalue weighted by Gasteiger charge is -2.37. The van der Waals surface area contributed by atoms with E-state index >= 15 is 0 Å². The van der Waals surface area contributed by atoms with Gasteiger partial charge in [-0.25, -0.2) is 4.79 Å². The van der Waals surface area contributed by atoms with E-state index in [1.54, 1.807) is 43.0 Å². The standard InChI is InChI=1S/C22H28N4O5/c1-22(2)20(29)25(21(30)23-22)13-10-18(27)26-14-17(19(28)24-11-6-3-7-12-24)31-16-9-5-4-8-15(16)26/h4-5,8-9,17H,3,6-7,10-14H2,1-2H3,(H,23,30)/t17-/m0/s1. The van der Waals surface area contributed by atoms with E-state index < -0.39 is 17.7 Å². The molecule has 1 aromatic rings. The first kappa shape index (κ1) is 21.1. The van der Waals surface area contributed by atoms with Gasteiger partial charge in [0.1, 0.15) is 11.3 Å². The molecule has 1 N–H and O–H groups in total. The molecule has 0 unspecified atom stereocenters. The molecule has 0 bridgehead atoms. The molecular weight excluding hydrogens is 400 g/mol. The van der Waals surface area contributed by atoms with Crippen LogP contribution in [0.4, 0.5) is 10.5 Å². The number of rotatable bonds is 4. The van der Waals surface area contributed by atoms with Gasteiger partial charge in [0, 0.05) is 26.1 Å². The first-order valence-corrected chi connectivity index (χ1v) is 10.8. The third-order valence-electron chi connectivity index (χ3n) is 6.01. The van der Waals surface area contributed by atoms with E-state index in [0.717, 1.165) is 24.2 Å². The number of carbonyl (C=O) groups excluding carboxylic acids is 4. The van der Waals surface area contributed by atoms with Crippen molar-refractivity contribution in [3.8, 4) is 5.75 Å². The number of carbonyl (C=O) groups is 4. The molecule has 0 aromatic heterocycles. The largest absolute Gasteiger partial charge is 0.476 e. The molecule has 31 heavy (non-hydrogen) atoms. The zero-order valence-corrected chi connectivity index (χ0v) is 17.9. The molecule has 4 rings (SSSR count). The van der Waals surface area contributed by atoms with Crippen molar-refractivity contribution in [2.75, 3.05) is 31.1 Å². The number of imide groups is 1. The SMILES string of the molecule is CC1(C)NC(=O)N(CCC(=O)N2C[C@@H](C(=O)N3CCCCC3)Oc3ccccc32)C1=O. The van der Waals surface area contributed by atoms with Gasteiger partial charge >= 0.3 is 6.03 Å². The maximum absolute atomic E-state index is 13.1. The van der Waals surface area contributed by atoms with E-state index in [1.165, 1.54) is 4.90 Å². The maximum atomic E-state index is 13.1. The molecule has 9 nitrogen and oxygen atoms in total. The summed E-state index contributed by atoms with van der Waals surface area (Å²) in [6, 6.07) is 6.61. The number of amides is 5. The van der Waals surface area contributed by atoms with E-state index in [4.69, 9.17) is 4.74 Å². The topological polar surface area (TPSA) is 99.3 Å². The summed E-state index contributed by atoms with van der Waals surface area (Å²) >= 11 is 0. The van der Waals surface area contributed by atoms with Crippen LogP contribution in [0.3, 0.4) is 0 Å². The smallest absolute Gasteiger partial charge is 0.325 e. The molecule has 5 amide bonds.